The van der Waals surface area contributed by atoms with Gasteiger partial charge in [-0.1, -0.05) is 0 Å². The Bertz CT molecular complexity index is 340. The molecular weight excluding hydrogens is 288 g/mol. The van der Waals surface area contributed by atoms with Crippen LogP contribution in [-0.2, 0) is 11.2 Å². The zero-order valence-electron chi connectivity index (χ0n) is 9.55. The SMILES string of the molecule is CNC(C)CNC(=O)CCc1cc(Br)cs1. The molecule has 0 aliphatic carbocycles. The molecule has 0 aliphatic rings. The molecule has 5 heteroatoms. The molecule has 0 radical (unpaired) electrons. The van der Waals surface area contributed by atoms with Crippen LogP contribution in [0.15, 0.2) is 15.9 Å². The summed E-state index contributed by atoms with van der Waals surface area (Å²) in [5, 5.41) is 8.02. The van der Waals surface area contributed by atoms with Gasteiger partial charge in [0, 0.05) is 33.7 Å². The third-order valence-electron chi connectivity index (χ3n) is 2.32. The Hall–Kier alpha value is -0.390. The monoisotopic (exact) mass is 304 g/mol. The predicted molar refractivity (Wildman–Crippen MR) is 71.9 cm³/mol. The van der Waals surface area contributed by atoms with E-state index in [0.717, 1.165) is 10.9 Å². The third kappa shape index (κ3) is 5.09. The summed E-state index contributed by atoms with van der Waals surface area (Å²) >= 11 is 5.08. The van der Waals surface area contributed by atoms with Gasteiger partial charge in [0.15, 0.2) is 0 Å². The van der Waals surface area contributed by atoms with Gasteiger partial charge in [0.2, 0.25) is 5.91 Å². The van der Waals surface area contributed by atoms with Gasteiger partial charge in [-0.05, 0) is 42.4 Å². The van der Waals surface area contributed by atoms with Crippen LogP contribution in [0.5, 0.6) is 0 Å². The number of nitrogens with one attached hydrogen (secondary N) is 2. The fourth-order valence-corrected chi connectivity index (χ4v) is 2.63. The van der Waals surface area contributed by atoms with E-state index in [2.05, 4.69) is 32.6 Å². The summed E-state index contributed by atoms with van der Waals surface area (Å²) in [4.78, 5) is 12.7. The molecule has 0 spiro atoms. The van der Waals surface area contributed by atoms with Crippen LogP contribution in [0.1, 0.15) is 18.2 Å². The molecular formula is C11H17BrN2OS. The Kier molecular flexibility index (Phi) is 6.01. The molecule has 1 aromatic heterocycles. The largest absolute Gasteiger partial charge is 0.355 e. The predicted octanol–water partition coefficient (Wildman–Crippen LogP) is 2.17. The van der Waals surface area contributed by atoms with Gasteiger partial charge >= 0.3 is 0 Å². The Morgan fingerprint density at radius 2 is 2.38 bits per heavy atom. The number of hydrogen-bond donors (Lipinski definition) is 2. The number of thiophene rings is 1. The molecule has 90 valence electrons. The minimum atomic E-state index is 0.117. The Morgan fingerprint density at radius 1 is 1.62 bits per heavy atom. The van der Waals surface area contributed by atoms with Gasteiger partial charge in [-0.2, -0.15) is 0 Å². The average molecular weight is 305 g/mol. The highest BCUT2D eigenvalue weighted by Crippen LogP contribution is 2.20. The van der Waals surface area contributed by atoms with Gasteiger partial charge in [-0.25, -0.2) is 0 Å². The molecule has 3 nitrogen and oxygen atoms in total. The second kappa shape index (κ2) is 7.04. The van der Waals surface area contributed by atoms with Crippen molar-refractivity contribution >= 4 is 33.2 Å². The summed E-state index contributed by atoms with van der Waals surface area (Å²) in [7, 11) is 1.89. The first kappa shape index (κ1) is 13.7. The number of amides is 1. The molecule has 1 rings (SSSR count). The Labute approximate surface area is 109 Å². The van der Waals surface area contributed by atoms with E-state index in [0.29, 0.717) is 19.0 Å². The van der Waals surface area contributed by atoms with Crippen molar-refractivity contribution in [3.8, 4) is 0 Å². The third-order valence-corrected chi connectivity index (χ3v) is 4.08. The Balaban J connectivity index is 2.20. The van der Waals surface area contributed by atoms with Crippen LogP contribution in [0.2, 0.25) is 0 Å². The van der Waals surface area contributed by atoms with Crippen LogP contribution in [0.25, 0.3) is 0 Å². The smallest absolute Gasteiger partial charge is 0.220 e. The highest BCUT2D eigenvalue weighted by Gasteiger charge is 2.05. The fraction of sp³-hybridized carbons (Fsp3) is 0.545. The molecule has 0 saturated heterocycles. The average Bonchev–Trinajstić information content (AvgIpc) is 2.69. The number of carbonyl (C=O) groups excluding carboxylic acids is 1. The van der Waals surface area contributed by atoms with Crippen LogP contribution in [-0.4, -0.2) is 25.5 Å². The summed E-state index contributed by atoms with van der Waals surface area (Å²) in [5.74, 6) is 0.117. The van der Waals surface area contributed by atoms with E-state index >= 15 is 0 Å². The first-order valence-electron chi connectivity index (χ1n) is 5.28. The first-order valence-corrected chi connectivity index (χ1v) is 6.96. The van der Waals surface area contributed by atoms with E-state index in [1.165, 1.54) is 4.88 Å². The standard InChI is InChI=1S/C11H17BrN2OS/c1-8(13-2)6-14-11(15)4-3-10-5-9(12)7-16-10/h5,7-8,13H,3-4,6H2,1-2H3,(H,14,15). The van der Waals surface area contributed by atoms with E-state index in [4.69, 9.17) is 0 Å². The van der Waals surface area contributed by atoms with Gasteiger partial charge in [0.1, 0.15) is 0 Å². The van der Waals surface area contributed by atoms with Gasteiger partial charge < -0.3 is 10.6 Å². The van der Waals surface area contributed by atoms with Crippen molar-refractivity contribution in [1.82, 2.24) is 10.6 Å². The number of hydrogen-bond acceptors (Lipinski definition) is 3. The molecule has 16 heavy (non-hydrogen) atoms. The molecule has 1 amide bonds. The van der Waals surface area contributed by atoms with E-state index < -0.39 is 0 Å². The second-order valence-electron chi connectivity index (χ2n) is 3.73. The lowest BCUT2D eigenvalue weighted by molar-refractivity contribution is -0.121. The summed E-state index contributed by atoms with van der Waals surface area (Å²) < 4.78 is 1.09. The van der Waals surface area contributed by atoms with Crippen molar-refractivity contribution in [2.75, 3.05) is 13.6 Å². The van der Waals surface area contributed by atoms with Crippen LogP contribution < -0.4 is 10.6 Å². The van der Waals surface area contributed by atoms with Gasteiger partial charge in [-0.15, -0.1) is 11.3 Å². The van der Waals surface area contributed by atoms with Gasteiger partial charge in [0.25, 0.3) is 0 Å². The van der Waals surface area contributed by atoms with Crippen molar-refractivity contribution in [2.45, 2.75) is 25.8 Å². The normalized spacial score (nSPS) is 12.4. The van der Waals surface area contributed by atoms with E-state index in [1.807, 2.05) is 19.4 Å². The molecule has 1 unspecified atom stereocenters. The minimum Gasteiger partial charge on any atom is -0.355 e. The number of carbonyl (C=O) groups is 1. The van der Waals surface area contributed by atoms with Crippen LogP contribution in [0.4, 0.5) is 0 Å². The fourth-order valence-electron chi connectivity index (χ4n) is 1.18. The maximum Gasteiger partial charge on any atom is 0.220 e. The van der Waals surface area contributed by atoms with E-state index in [1.54, 1.807) is 11.3 Å². The molecule has 0 aromatic carbocycles. The van der Waals surface area contributed by atoms with Crippen molar-refractivity contribution in [3.63, 3.8) is 0 Å². The topological polar surface area (TPSA) is 41.1 Å². The van der Waals surface area contributed by atoms with Crippen molar-refractivity contribution in [1.29, 1.82) is 0 Å². The molecule has 0 aliphatic heterocycles. The zero-order valence-corrected chi connectivity index (χ0v) is 12.0. The number of halogens is 1. The molecule has 1 aromatic rings. The van der Waals surface area contributed by atoms with Crippen LogP contribution in [0, 0.1) is 0 Å². The second-order valence-corrected chi connectivity index (χ2v) is 5.64. The molecule has 0 bridgehead atoms. The van der Waals surface area contributed by atoms with Crippen molar-refractivity contribution in [3.05, 3.63) is 20.8 Å². The van der Waals surface area contributed by atoms with Gasteiger partial charge in [0.05, 0.1) is 0 Å². The summed E-state index contributed by atoms with van der Waals surface area (Å²) in [5.41, 5.74) is 0. The van der Waals surface area contributed by atoms with Gasteiger partial charge in [-0.3, -0.25) is 4.79 Å². The highest BCUT2D eigenvalue weighted by molar-refractivity contribution is 9.10. The quantitative estimate of drug-likeness (QED) is 0.846. The minimum absolute atomic E-state index is 0.117. The van der Waals surface area contributed by atoms with Crippen LogP contribution in [0.3, 0.4) is 0 Å². The lowest BCUT2D eigenvalue weighted by Gasteiger charge is -2.10. The lowest BCUT2D eigenvalue weighted by atomic mass is 10.2. The van der Waals surface area contributed by atoms with Crippen molar-refractivity contribution in [2.24, 2.45) is 0 Å². The summed E-state index contributed by atoms with van der Waals surface area (Å²) in [6.07, 6.45) is 1.37. The number of likely N-dealkylation sites (N-methyl/N-ethyl adjacent to an activating group) is 1. The molecule has 0 saturated carbocycles. The lowest BCUT2D eigenvalue weighted by Crippen LogP contribution is -2.37. The van der Waals surface area contributed by atoms with Crippen LogP contribution >= 0.6 is 27.3 Å². The molecule has 1 heterocycles. The number of aryl methyl sites for hydroxylation is 1. The molecule has 0 fully saturated rings. The van der Waals surface area contributed by atoms with E-state index in [9.17, 15) is 4.79 Å². The maximum atomic E-state index is 11.5. The summed E-state index contributed by atoms with van der Waals surface area (Å²) in [6, 6.07) is 2.38. The zero-order chi connectivity index (χ0) is 12.0. The summed E-state index contributed by atoms with van der Waals surface area (Å²) in [6.45, 7) is 2.72. The van der Waals surface area contributed by atoms with Crippen molar-refractivity contribution < 1.29 is 4.79 Å². The Morgan fingerprint density at radius 3 is 2.94 bits per heavy atom. The number of rotatable bonds is 6. The molecule has 2 N–H and O–H groups in total. The molecule has 1 atom stereocenters. The maximum absolute atomic E-state index is 11.5. The highest BCUT2D eigenvalue weighted by atomic mass is 79.9. The van der Waals surface area contributed by atoms with E-state index in [-0.39, 0.29) is 5.91 Å². The first-order chi connectivity index (χ1) is 7.61.